The summed E-state index contributed by atoms with van der Waals surface area (Å²) >= 11 is 0. The molecule has 0 aliphatic rings. The second-order valence-corrected chi connectivity index (χ2v) is 12.5. The van der Waals surface area contributed by atoms with Crippen molar-refractivity contribution in [3.05, 3.63) is 78.0 Å². The SMILES string of the molecule is CCCCCCCCCCOc1ccc(C(=O)C=CNCC(O)CN=CC=C([O-])c2ccc(OCCCCCCCCCC)cc2)cc1. The first-order valence-corrected chi connectivity index (χ1v) is 18.5. The van der Waals surface area contributed by atoms with Crippen LogP contribution in [0.3, 0.4) is 0 Å². The van der Waals surface area contributed by atoms with E-state index < -0.39 is 6.10 Å². The number of rotatable bonds is 29. The van der Waals surface area contributed by atoms with Crippen molar-refractivity contribution in [3.8, 4) is 11.5 Å². The Balaban J connectivity index is 1.57. The molecule has 0 saturated carbocycles. The van der Waals surface area contributed by atoms with Gasteiger partial charge in [0.05, 0.1) is 25.9 Å². The molecular formula is C41H61N2O5-. The number of allylic oxidation sites excluding steroid dienone is 2. The van der Waals surface area contributed by atoms with Crippen molar-refractivity contribution in [2.45, 2.75) is 123 Å². The van der Waals surface area contributed by atoms with Gasteiger partial charge in [0, 0.05) is 30.6 Å². The molecule has 0 spiro atoms. The molecule has 2 rings (SSSR count). The summed E-state index contributed by atoms with van der Waals surface area (Å²) in [5.74, 6) is 1.24. The van der Waals surface area contributed by atoms with Crippen LogP contribution in [-0.4, -0.2) is 49.5 Å². The van der Waals surface area contributed by atoms with Crippen molar-refractivity contribution in [1.29, 1.82) is 0 Å². The van der Waals surface area contributed by atoms with Gasteiger partial charge in [-0.2, -0.15) is 0 Å². The predicted octanol–water partition coefficient (Wildman–Crippen LogP) is 8.84. The molecule has 0 heterocycles. The van der Waals surface area contributed by atoms with Crippen molar-refractivity contribution in [3.63, 3.8) is 0 Å². The molecule has 1 unspecified atom stereocenters. The lowest BCUT2D eigenvalue weighted by Gasteiger charge is -2.12. The summed E-state index contributed by atoms with van der Waals surface area (Å²) in [6, 6.07) is 14.3. The number of carbonyl (C=O) groups excluding carboxylic acids is 1. The second-order valence-electron chi connectivity index (χ2n) is 12.5. The molecule has 0 saturated heterocycles. The number of ether oxygens (including phenoxy) is 2. The standard InChI is InChI=1S/C41H62N2O5/c1-3-5-7-9-11-13-15-17-31-47-38-23-19-35(20-24-38)40(45)27-29-42-33-37(44)34-43-30-28-41(46)36-21-25-39(26-22-36)48-32-18-16-14-12-10-8-6-4-2/h19-30,37,42,44,46H,3-18,31-34H2,1-2H3/p-1. The summed E-state index contributed by atoms with van der Waals surface area (Å²) < 4.78 is 11.6. The smallest absolute Gasteiger partial charge is 0.187 e. The summed E-state index contributed by atoms with van der Waals surface area (Å²) in [6.45, 7) is 6.21. The molecule has 1 atom stereocenters. The molecule has 0 aromatic heterocycles. The highest BCUT2D eigenvalue weighted by Gasteiger charge is 2.04. The Labute approximate surface area is 290 Å². The first-order chi connectivity index (χ1) is 23.5. The number of aliphatic hydroxyl groups excluding tert-OH is 1. The van der Waals surface area contributed by atoms with Crippen LogP contribution >= 0.6 is 0 Å². The van der Waals surface area contributed by atoms with Crippen LogP contribution in [0, 0.1) is 0 Å². The van der Waals surface area contributed by atoms with Gasteiger partial charge < -0.3 is 25.0 Å². The minimum atomic E-state index is -0.764. The fourth-order valence-corrected chi connectivity index (χ4v) is 5.18. The molecule has 266 valence electrons. The predicted molar refractivity (Wildman–Crippen MR) is 198 cm³/mol. The molecule has 0 fully saturated rings. The number of hydrogen-bond acceptors (Lipinski definition) is 7. The fraction of sp³-hybridized carbons (Fsp3) is 0.561. The molecule has 0 radical (unpaired) electrons. The minimum Gasteiger partial charge on any atom is -0.872 e. The molecule has 2 N–H and O–H groups in total. The topological polar surface area (TPSA) is 103 Å². The molecule has 7 heteroatoms. The largest absolute Gasteiger partial charge is 0.872 e. The van der Waals surface area contributed by atoms with Crippen LogP contribution in [-0.2, 0) is 0 Å². The van der Waals surface area contributed by atoms with E-state index in [1.165, 1.54) is 114 Å². The van der Waals surface area contributed by atoms with Crippen molar-refractivity contribution >= 4 is 17.8 Å². The van der Waals surface area contributed by atoms with Crippen molar-refractivity contribution in [2.24, 2.45) is 4.99 Å². The average Bonchev–Trinajstić information content (AvgIpc) is 3.11. The zero-order chi connectivity index (χ0) is 34.5. The Kier molecular flexibility index (Phi) is 23.2. The van der Waals surface area contributed by atoms with Crippen LogP contribution in [0.25, 0.3) is 5.76 Å². The van der Waals surface area contributed by atoms with Gasteiger partial charge in [-0.15, -0.1) is 5.76 Å². The lowest BCUT2D eigenvalue weighted by molar-refractivity contribution is -0.243. The van der Waals surface area contributed by atoms with E-state index in [-0.39, 0.29) is 24.6 Å². The molecule has 2 aromatic rings. The highest BCUT2D eigenvalue weighted by Crippen LogP contribution is 2.17. The van der Waals surface area contributed by atoms with Gasteiger partial charge in [-0.3, -0.25) is 9.79 Å². The molecule has 7 nitrogen and oxygen atoms in total. The van der Waals surface area contributed by atoms with Crippen molar-refractivity contribution in [1.82, 2.24) is 5.32 Å². The second kappa shape index (κ2) is 27.4. The van der Waals surface area contributed by atoms with Gasteiger partial charge in [-0.25, -0.2) is 0 Å². The fourth-order valence-electron chi connectivity index (χ4n) is 5.18. The van der Waals surface area contributed by atoms with Gasteiger partial charge >= 0.3 is 0 Å². The number of hydrogen-bond donors (Lipinski definition) is 2. The maximum atomic E-state index is 12.5. The van der Waals surface area contributed by atoms with Crippen LogP contribution < -0.4 is 19.9 Å². The first kappa shape index (κ1) is 40.6. The van der Waals surface area contributed by atoms with Crippen LogP contribution in [0.2, 0.25) is 0 Å². The Morgan fingerprint density at radius 3 is 1.69 bits per heavy atom. The lowest BCUT2D eigenvalue weighted by atomic mass is 10.1. The van der Waals surface area contributed by atoms with E-state index in [0.29, 0.717) is 24.3 Å². The maximum absolute atomic E-state index is 12.5. The number of nitrogens with one attached hydrogen (secondary N) is 1. The number of carbonyl (C=O) groups is 1. The third-order valence-corrected chi connectivity index (χ3v) is 8.16. The quantitative estimate of drug-likeness (QED) is 0.0297. The molecule has 0 bridgehead atoms. The van der Waals surface area contributed by atoms with Crippen LogP contribution in [0.15, 0.2) is 71.9 Å². The van der Waals surface area contributed by atoms with Gasteiger partial charge in [0.15, 0.2) is 5.78 Å². The molecule has 48 heavy (non-hydrogen) atoms. The summed E-state index contributed by atoms with van der Waals surface area (Å²) in [7, 11) is 0. The number of nitrogens with zero attached hydrogens (tertiary/aromatic N) is 1. The van der Waals surface area contributed by atoms with E-state index >= 15 is 0 Å². The Morgan fingerprint density at radius 1 is 0.729 bits per heavy atom. The summed E-state index contributed by atoms with van der Waals surface area (Å²) in [5, 5.41) is 25.6. The zero-order valence-electron chi connectivity index (χ0n) is 29.7. The van der Waals surface area contributed by atoms with Gasteiger partial charge in [0.1, 0.15) is 11.5 Å². The molecule has 0 aliphatic heterocycles. The summed E-state index contributed by atoms with van der Waals surface area (Å²) in [5.41, 5.74) is 1.12. The molecular weight excluding hydrogens is 600 g/mol. The first-order valence-electron chi connectivity index (χ1n) is 18.5. The number of aliphatic hydroxyl groups is 1. The van der Waals surface area contributed by atoms with Crippen LogP contribution in [0.5, 0.6) is 11.5 Å². The molecule has 0 amide bonds. The van der Waals surface area contributed by atoms with Crippen LogP contribution in [0.4, 0.5) is 0 Å². The number of unbranched alkanes of at least 4 members (excludes halogenated alkanes) is 14. The normalized spacial score (nSPS) is 12.5. The molecule has 0 aliphatic carbocycles. The zero-order valence-corrected chi connectivity index (χ0v) is 29.7. The van der Waals surface area contributed by atoms with Gasteiger partial charge in [-0.1, -0.05) is 122 Å². The van der Waals surface area contributed by atoms with E-state index in [1.807, 2.05) is 24.3 Å². The number of benzene rings is 2. The minimum absolute atomic E-state index is 0.129. The van der Waals surface area contributed by atoms with E-state index in [4.69, 9.17) is 9.47 Å². The Bertz CT molecular complexity index is 1170. The summed E-state index contributed by atoms with van der Waals surface area (Å²) in [6.07, 6.45) is 25.2. The van der Waals surface area contributed by atoms with E-state index in [9.17, 15) is 15.0 Å². The monoisotopic (exact) mass is 661 g/mol. The van der Waals surface area contributed by atoms with Gasteiger partial charge in [0.2, 0.25) is 0 Å². The number of ketones is 1. The third kappa shape index (κ3) is 19.9. The average molecular weight is 662 g/mol. The maximum Gasteiger partial charge on any atom is 0.187 e. The van der Waals surface area contributed by atoms with E-state index in [0.717, 1.165) is 24.3 Å². The Morgan fingerprint density at radius 2 is 1.19 bits per heavy atom. The van der Waals surface area contributed by atoms with Crippen molar-refractivity contribution < 1.29 is 24.5 Å². The van der Waals surface area contributed by atoms with Gasteiger partial charge in [0.25, 0.3) is 0 Å². The van der Waals surface area contributed by atoms with Crippen molar-refractivity contribution in [2.75, 3.05) is 26.3 Å². The van der Waals surface area contributed by atoms with Crippen LogP contribution in [0.1, 0.15) is 133 Å². The highest BCUT2D eigenvalue weighted by atomic mass is 16.5. The summed E-state index contributed by atoms with van der Waals surface area (Å²) in [4.78, 5) is 16.6. The van der Waals surface area contributed by atoms with E-state index in [1.54, 1.807) is 24.3 Å². The molecule has 2 aromatic carbocycles. The number of aliphatic imine (C=N–C) groups is 1. The Hall–Kier alpha value is -3.58. The highest BCUT2D eigenvalue weighted by molar-refractivity contribution is 6.04. The van der Waals surface area contributed by atoms with E-state index in [2.05, 4.69) is 24.2 Å². The lowest BCUT2D eigenvalue weighted by Crippen LogP contribution is -2.25. The third-order valence-electron chi connectivity index (χ3n) is 8.16. The van der Waals surface area contributed by atoms with Gasteiger partial charge in [-0.05, 0) is 54.8 Å².